The number of hydrogen-bond donors (Lipinski definition) is 1. The number of carbonyl (C=O) groups is 3. The van der Waals surface area contributed by atoms with Crippen molar-refractivity contribution in [3.05, 3.63) is 23.8 Å². The van der Waals surface area contributed by atoms with Crippen LogP contribution in [-0.4, -0.2) is 51.5 Å². The quantitative estimate of drug-likeness (QED) is 0.562. The molecule has 0 saturated heterocycles. The molecule has 4 saturated carbocycles. The minimum atomic E-state index is -2.30. The van der Waals surface area contributed by atoms with E-state index in [2.05, 4.69) is 0 Å². The summed E-state index contributed by atoms with van der Waals surface area (Å²) in [6.07, 6.45) is 1.55. The maximum Gasteiger partial charge on any atom is 0.309 e. The molecule has 192 valence electrons. The van der Waals surface area contributed by atoms with Crippen molar-refractivity contribution in [2.24, 2.45) is 34.5 Å². The molecule has 0 aliphatic heterocycles. The van der Waals surface area contributed by atoms with Crippen LogP contribution in [0.2, 0.25) is 0 Å². The highest BCUT2D eigenvalue weighted by Crippen LogP contribution is 2.72. The van der Waals surface area contributed by atoms with E-state index in [0.717, 1.165) is 6.08 Å². The molecule has 1 N–H and O–H groups in total. The molecule has 5 rings (SSSR count). The number of allylic oxidation sites excluding steroid dienone is 4. The number of aliphatic hydroxyl groups is 1. The minimum absolute atomic E-state index is 0.0212. The van der Waals surface area contributed by atoms with Crippen molar-refractivity contribution in [1.29, 1.82) is 0 Å². The van der Waals surface area contributed by atoms with Gasteiger partial charge in [0.25, 0.3) is 0 Å². The summed E-state index contributed by atoms with van der Waals surface area (Å²) in [5.74, 6) is -3.46. The van der Waals surface area contributed by atoms with E-state index in [-0.39, 0.29) is 30.8 Å². The number of halogens is 3. The van der Waals surface area contributed by atoms with Crippen molar-refractivity contribution < 1.29 is 37.4 Å². The lowest BCUT2D eigenvalue weighted by atomic mass is 9.44. The van der Waals surface area contributed by atoms with Crippen molar-refractivity contribution in [2.45, 2.75) is 76.4 Å². The van der Waals surface area contributed by atoms with Gasteiger partial charge in [-0.05, 0) is 74.4 Å². The number of alkyl halides is 3. The molecule has 0 aromatic heterocycles. The summed E-state index contributed by atoms with van der Waals surface area (Å²) < 4.78 is 52.2. The highest BCUT2D eigenvalue weighted by Gasteiger charge is 2.78. The largest absolute Gasteiger partial charge is 0.449 e. The van der Waals surface area contributed by atoms with Gasteiger partial charge < -0.3 is 9.84 Å². The van der Waals surface area contributed by atoms with Crippen LogP contribution < -0.4 is 0 Å². The Hall–Kier alpha value is -1.61. The Morgan fingerprint density at radius 1 is 1.23 bits per heavy atom. The molecule has 5 aliphatic carbocycles. The normalized spacial score (nSPS) is 48.5. The van der Waals surface area contributed by atoms with Crippen LogP contribution in [0.1, 0.15) is 52.9 Å². The van der Waals surface area contributed by atoms with E-state index in [9.17, 15) is 23.9 Å². The average Bonchev–Trinajstić information content (AvgIpc) is 3.61. The molecular weight excluding hydrogens is 481 g/mol. The zero-order chi connectivity index (χ0) is 25.6. The standard InChI is InChI=1S/C26H31F3O5S/c1-13-8-16-17-10-19(28)18-9-15(30)6-7-23(18,2)25(17,29)20(31)11-24(16,3)26(13,22(33)35-12-27)34-21(32)14-4-5-14/h6-7,9,13-14,16-17,19-20,31H,4-5,8,10-12H2,1-3H3/t13-,16+,17+,19+,20+,23+,24+,25+,26+/m1/s1. The summed E-state index contributed by atoms with van der Waals surface area (Å²) in [5.41, 5.74) is -6.79. The molecule has 4 fully saturated rings. The molecule has 0 aromatic rings. The van der Waals surface area contributed by atoms with Crippen LogP contribution >= 0.6 is 11.8 Å². The van der Waals surface area contributed by atoms with E-state index in [1.807, 2.05) is 0 Å². The van der Waals surface area contributed by atoms with Crippen molar-refractivity contribution in [2.75, 3.05) is 6.01 Å². The van der Waals surface area contributed by atoms with Gasteiger partial charge >= 0.3 is 5.97 Å². The second-order valence-electron chi connectivity index (χ2n) is 11.5. The molecule has 0 bridgehead atoms. The highest BCUT2D eigenvalue weighted by molar-refractivity contribution is 8.13. The first-order valence-electron chi connectivity index (χ1n) is 12.3. The lowest BCUT2D eigenvalue weighted by Gasteiger charge is -2.63. The smallest absolute Gasteiger partial charge is 0.309 e. The summed E-state index contributed by atoms with van der Waals surface area (Å²) in [4.78, 5) is 38.3. The number of fused-ring (bicyclic) bond motifs is 5. The van der Waals surface area contributed by atoms with Crippen molar-refractivity contribution in [3.8, 4) is 0 Å². The number of esters is 1. The molecule has 9 heteroatoms. The Morgan fingerprint density at radius 2 is 1.91 bits per heavy atom. The zero-order valence-electron chi connectivity index (χ0n) is 20.1. The topological polar surface area (TPSA) is 80.7 Å². The van der Waals surface area contributed by atoms with E-state index in [1.54, 1.807) is 13.8 Å². The van der Waals surface area contributed by atoms with Gasteiger partial charge in [0.1, 0.15) is 12.2 Å². The first kappa shape index (κ1) is 25.1. The number of ether oxygens (including phenoxy) is 1. The second-order valence-corrected chi connectivity index (χ2v) is 12.3. The second kappa shape index (κ2) is 7.94. The highest BCUT2D eigenvalue weighted by atomic mass is 32.2. The van der Waals surface area contributed by atoms with Gasteiger partial charge in [-0.25, -0.2) is 13.2 Å². The number of carbonyl (C=O) groups excluding carboxylic acids is 3. The predicted molar refractivity (Wildman–Crippen MR) is 123 cm³/mol. The first-order valence-corrected chi connectivity index (χ1v) is 13.3. The van der Waals surface area contributed by atoms with Crippen LogP contribution in [0.4, 0.5) is 13.2 Å². The Balaban J connectivity index is 1.63. The van der Waals surface area contributed by atoms with Crippen molar-refractivity contribution >= 4 is 28.6 Å². The Morgan fingerprint density at radius 3 is 2.54 bits per heavy atom. The molecule has 35 heavy (non-hydrogen) atoms. The van der Waals surface area contributed by atoms with Crippen LogP contribution in [0.25, 0.3) is 0 Å². The predicted octanol–water partition coefficient (Wildman–Crippen LogP) is 4.43. The third-order valence-electron chi connectivity index (χ3n) is 9.83. The van der Waals surface area contributed by atoms with Crippen molar-refractivity contribution in [1.82, 2.24) is 0 Å². The van der Waals surface area contributed by atoms with E-state index in [1.165, 1.54) is 19.1 Å². The molecule has 0 aromatic carbocycles. The molecule has 0 unspecified atom stereocenters. The fourth-order valence-corrected chi connectivity index (χ4v) is 8.73. The van der Waals surface area contributed by atoms with Crippen LogP contribution in [0, 0.1) is 34.5 Å². The summed E-state index contributed by atoms with van der Waals surface area (Å²) in [6.45, 7) is 4.94. The summed E-state index contributed by atoms with van der Waals surface area (Å²) >= 11 is 0.417. The number of hydrogen-bond acceptors (Lipinski definition) is 6. The number of thioether (sulfide) groups is 1. The monoisotopic (exact) mass is 512 g/mol. The maximum absolute atomic E-state index is 17.3. The Bertz CT molecular complexity index is 1040. The Labute approximate surface area is 206 Å². The summed E-state index contributed by atoms with van der Waals surface area (Å²) in [5, 5.41) is 10.8. The molecule has 9 atom stereocenters. The molecule has 0 spiro atoms. The molecule has 0 amide bonds. The van der Waals surface area contributed by atoms with E-state index in [4.69, 9.17) is 4.74 Å². The van der Waals surface area contributed by atoms with Crippen LogP contribution in [0.3, 0.4) is 0 Å². The fourth-order valence-electron chi connectivity index (χ4n) is 7.94. The minimum Gasteiger partial charge on any atom is -0.449 e. The molecule has 5 nitrogen and oxygen atoms in total. The van der Waals surface area contributed by atoms with E-state index >= 15 is 8.78 Å². The lowest BCUT2D eigenvalue weighted by molar-refractivity contribution is -0.229. The van der Waals surface area contributed by atoms with Gasteiger partial charge in [0, 0.05) is 22.7 Å². The zero-order valence-corrected chi connectivity index (χ0v) is 20.9. The van der Waals surface area contributed by atoms with E-state index in [0.29, 0.717) is 24.6 Å². The number of aliphatic hydroxyl groups excluding tert-OH is 1. The number of ketones is 1. The maximum atomic E-state index is 17.3. The lowest BCUT2D eigenvalue weighted by Crippen LogP contribution is -2.70. The van der Waals surface area contributed by atoms with Crippen LogP contribution in [0.15, 0.2) is 23.8 Å². The average molecular weight is 513 g/mol. The van der Waals surface area contributed by atoms with Crippen LogP contribution in [0.5, 0.6) is 0 Å². The fraction of sp³-hybridized carbons (Fsp3) is 0.731. The van der Waals surface area contributed by atoms with Crippen LogP contribution in [-0.2, 0) is 19.1 Å². The summed E-state index contributed by atoms with van der Waals surface area (Å²) in [6, 6.07) is -1.01. The number of rotatable bonds is 4. The van der Waals surface area contributed by atoms with Gasteiger partial charge in [0.05, 0.1) is 12.0 Å². The molecule has 5 aliphatic rings. The van der Waals surface area contributed by atoms with Gasteiger partial charge in [-0.2, -0.15) is 0 Å². The Kier molecular flexibility index (Phi) is 5.69. The molecule has 0 heterocycles. The molecule has 0 radical (unpaired) electrons. The van der Waals surface area contributed by atoms with Gasteiger partial charge in [0.15, 0.2) is 17.1 Å². The SMILES string of the molecule is C[C@@H]1C[C@H]2[C@@H]3C[C@H](F)C4=CC(=O)C=C[C@]4(C)[C@@]3(F)[C@@H](O)C[C@]2(C)[C@@]1(OC(=O)C1CC1)C(=O)SCF. The van der Waals surface area contributed by atoms with Gasteiger partial charge in [-0.15, -0.1) is 0 Å². The van der Waals surface area contributed by atoms with Gasteiger partial charge in [-0.1, -0.05) is 19.9 Å². The van der Waals surface area contributed by atoms with E-state index < -0.39 is 75.0 Å². The third kappa shape index (κ3) is 3.09. The summed E-state index contributed by atoms with van der Waals surface area (Å²) in [7, 11) is 0. The van der Waals surface area contributed by atoms with Gasteiger partial charge in [0.2, 0.25) is 5.12 Å². The third-order valence-corrected chi connectivity index (χ3v) is 10.5. The van der Waals surface area contributed by atoms with Gasteiger partial charge in [-0.3, -0.25) is 14.4 Å². The molecular formula is C26H31F3O5S. The van der Waals surface area contributed by atoms with Crippen molar-refractivity contribution in [3.63, 3.8) is 0 Å². The first-order chi connectivity index (χ1) is 16.4.